The molecule has 0 bridgehead atoms. The van der Waals surface area contributed by atoms with Gasteiger partial charge in [-0.15, -0.1) is 0 Å². The van der Waals surface area contributed by atoms with E-state index >= 15 is 0 Å². The van der Waals surface area contributed by atoms with E-state index in [1.54, 1.807) is 14.0 Å². The van der Waals surface area contributed by atoms with Gasteiger partial charge in [-0.3, -0.25) is 4.68 Å². The molecule has 0 spiro atoms. The largest absolute Gasteiger partial charge is 0.383 e. The lowest BCUT2D eigenvalue weighted by molar-refractivity contribution is 0.300. The molecule has 1 aromatic rings. The minimum Gasteiger partial charge on any atom is -0.383 e. The lowest BCUT2D eigenvalue weighted by Gasteiger charge is -2.17. The van der Waals surface area contributed by atoms with E-state index in [9.17, 15) is 8.42 Å². The molecule has 0 radical (unpaired) electrons. The van der Waals surface area contributed by atoms with Crippen molar-refractivity contribution in [2.24, 2.45) is 7.05 Å². The van der Waals surface area contributed by atoms with E-state index in [2.05, 4.69) is 28.6 Å². The summed E-state index contributed by atoms with van der Waals surface area (Å²) in [5.74, 6) is 0.166. The first-order chi connectivity index (χ1) is 9.33. The van der Waals surface area contributed by atoms with Gasteiger partial charge in [0.15, 0.2) is 0 Å². The molecule has 116 valence electrons. The fourth-order valence-electron chi connectivity index (χ4n) is 2.11. The summed E-state index contributed by atoms with van der Waals surface area (Å²) in [5.41, 5.74) is 6.18. The molecule has 1 rings (SSSR count). The minimum atomic E-state index is -3.59. The van der Waals surface area contributed by atoms with Gasteiger partial charge in [0.2, 0.25) is 10.0 Å². The Balaban J connectivity index is 2.63. The fourth-order valence-corrected chi connectivity index (χ4v) is 3.50. The molecule has 0 atom stereocenters. The SMILES string of the molecule is CCN(CC)CCCNS(=O)(=O)c1c(C)nn(C)c1N. The molecule has 0 aliphatic rings. The van der Waals surface area contributed by atoms with Gasteiger partial charge in [-0.05, 0) is 33.0 Å². The number of nitrogens with zero attached hydrogens (tertiary/aromatic N) is 3. The van der Waals surface area contributed by atoms with Gasteiger partial charge in [0, 0.05) is 13.6 Å². The van der Waals surface area contributed by atoms with Crippen molar-refractivity contribution in [2.75, 3.05) is 31.9 Å². The quantitative estimate of drug-likeness (QED) is 0.675. The zero-order valence-corrected chi connectivity index (χ0v) is 13.5. The van der Waals surface area contributed by atoms with Crippen LogP contribution >= 0.6 is 0 Å². The molecular weight excluding hydrogens is 278 g/mol. The maximum absolute atomic E-state index is 12.2. The molecule has 0 fully saturated rings. The third kappa shape index (κ3) is 3.94. The summed E-state index contributed by atoms with van der Waals surface area (Å²) >= 11 is 0. The average molecular weight is 303 g/mol. The second-order valence-corrected chi connectivity index (χ2v) is 6.41. The average Bonchev–Trinajstić information content (AvgIpc) is 2.64. The van der Waals surface area contributed by atoms with Crippen LogP contribution in [0, 0.1) is 6.92 Å². The topological polar surface area (TPSA) is 93.2 Å². The molecule has 20 heavy (non-hydrogen) atoms. The van der Waals surface area contributed by atoms with Gasteiger partial charge in [-0.1, -0.05) is 13.8 Å². The van der Waals surface area contributed by atoms with Gasteiger partial charge < -0.3 is 10.6 Å². The maximum Gasteiger partial charge on any atom is 0.246 e. The predicted molar refractivity (Wildman–Crippen MR) is 80.0 cm³/mol. The summed E-state index contributed by atoms with van der Waals surface area (Å²) in [6.45, 7) is 9.03. The number of aryl methyl sites for hydroxylation is 2. The summed E-state index contributed by atoms with van der Waals surface area (Å²) in [6.07, 6.45) is 0.764. The Labute approximate surface area is 121 Å². The van der Waals surface area contributed by atoms with Crippen LogP contribution in [0.1, 0.15) is 26.0 Å². The van der Waals surface area contributed by atoms with Crippen LogP contribution in [0.2, 0.25) is 0 Å². The van der Waals surface area contributed by atoms with Crippen molar-refractivity contribution in [3.8, 4) is 0 Å². The number of anilines is 1. The number of nitrogens with one attached hydrogen (secondary N) is 1. The molecule has 0 unspecified atom stereocenters. The number of hydrogen-bond acceptors (Lipinski definition) is 5. The standard InChI is InChI=1S/C12H25N5O2S/c1-5-17(6-2)9-7-8-14-20(18,19)11-10(3)15-16(4)12(11)13/h14H,5-9,13H2,1-4H3. The van der Waals surface area contributed by atoms with Crippen molar-refractivity contribution in [3.05, 3.63) is 5.69 Å². The van der Waals surface area contributed by atoms with Crippen LogP contribution in [-0.2, 0) is 17.1 Å². The first-order valence-electron chi connectivity index (χ1n) is 6.84. The van der Waals surface area contributed by atoms with Crippen LogP contribution < -0.4 is 10.5 Å². The summed E-state index contributed by atoms with van der Waals surface area (Å²) in [5, 5.41) is 4.02. The molecule has 0 saturated heterocycles. The Morgan fingerprint density at radius 3 is 2.40 bits per heavy atom. The molecule has 0 aliphatic heterocycles. The van der Waals surface area contributed by atoms with Gasteiger partial charge in [-0.2, -0.15) is 5.10 Å². The highest BCUT2D eigenvalue weighted by Crippen LogP contribution is 2.20. The monoisotopic (exact) mass is 303 g/mol. The Hall–Kier alpha value is -1.12. The molecule has 0 saturated carbocycles. The van der Waals surface area contributed by atoms with Crippen LogP contribution in [0.5, 0.6) is 0 Å². The lowest BCUT2D eigenvalue weighted by atomic mass is 10.4. The highest BCUT2D eigenvalue weighted by molar-refractivity contribution is 7.89. The second-order valence-electron chi connectivity index (χ2n) is 4.70. The van der Waals surface area contributed by atoms with E-state index in [0.29, 0.717) is 12.2 Å². The summed E-state index contributed by atoms with van der Waals surface area (Å²) < 4.78 is 28.4. The second kappa shape index (κ2) is 7.05. The van der Waals surface area contributed by atoms with E-state index in [1.807, 2.05) is 0 Å². The van der Waals surface area contributed by atoms with Gasteiger partial charge in [-0.25, -0.2) is 13.1 Å². The van der Waals surface area contributed by atoms with Gasteiger partial charge in [0.25, 0.3) is 0 Å². The van der Waals surface area contributed by atoms with E-state index < -0.39 is 10.0 Å². The molecule has 1 heterocycles. The molecule has 1 aromatic heterocycles. The van der Waals surface area contributed by atoms with Crippen molar-refractivity contribution in [1.29, 1.82) is 0 Å². The number of hydrogen-bond donors (Lipinski definition) is 2. The molecule has 0 aliphatic carbocycles. The fraction of sp³-hybridized carbons (Fsp3) is 0.750. The van der Waals surface area contributed by atoms with E-state index in [1.165, 1.54) is 4.68 Å². The smallest absolute Gasteiger partial charge is 0.246 e. The van der Waals surface area contributed by atoms with Gasteiger partial charge >= 0.3 is 0 Å². The lowest BCUT2D eigenvalue weighted by Crippen LogP contribution is -2.30. The number of aromatic nitrogens is 2. The van der Waals surface area contributed by atoms with Crippen LogP contribution in [0.25, 0.3) is 0 Å². The van der Waals surface area contributed by atoms with Crippen LogP contribution in [0.15, 0.2) is 4.90 Å². The van der Waals surface area contributed by atoms with Crippen molar-refractivity contribution in [1.82, 2.24) is 19.4 Å². The first-order valence-corrected chi connectivity index (χ1v) is 8.32. The van der Waals surface area contributed by atoms with Crippen LogP contribution in [0.3, 0.4) is 0 Å². The van der Waals surface area contributed by atoms with E-state index in [4.69, 9.17) is 5.73 Å². The van der Waals surface area contributed by atoms with Crippen LogP contribution in [0.4, 0.5) is 5.82 Å². The minimum absolute atomic E-state index is 0.0860. The number of nitrogen functional groups attached to an aromatic ring is 1. The molecule has 3 N–H and O–H groups in total. The zero-order valence-electron chi connectivity index (χ0n) is 12.7. The number of rotatable bonds is 8. The van der Waals surface area contributed by atoms with Crippen molar-refractivity contribution in [3.63, 3.8) is 0 Å². The summed E-state index contributed by atoms with van der Waals surface area (Å²) in [7, 11) is -1.96. The third-order valence-electron chi connectivity index (χ3n) is 3.32. The normalized spacial score (nSPS) is 12.2. The zero-order chi connectivity index (χ0) is 15.3. The first kappa shape index (κ1) is 16.9. The highest BCUT2D eigenvalue weighted by Gasteiger charge is 2.23. The van der Waals surface area contributed by atoms with E-state index in [0.717, 1.165) is 26.1 Å². The summed E-state index contributed by atoms with van der Waals surface area (Å²) in [4.78, 5) is 2.33. The number of sulfonamides is 1. The van der Waals surface area contributed by atoms with E-state index in [-0.39, 0.29) is 10.7 Å². The van der Waals surface area contributed by atoms with Crippen LogP contribution in [-0.4, -0.2) is 49.3 Å². The predicted octanol–water partition coefficient (Wildman–Crippen LogP) is 0.321. The van der Waals surface area contributed by atoms with Gasteiger partial charge in [0.05, 0.1) is 5.69 Å². The summed E-state index contributed by atoms with van der Waals surface area (Å²) in [6, 6.07) is 0. The Bertz CT molecular complexity index is 534. The van der Waals surface area contributed by atoms with Crippen molar-refractivity contribution in [2.45, 2.75) is 32.1 Å². The molecule has 0 aromatic carbocycles. The third-order valence-corrected chi connectivity index (χ3v) is 4.94. The Morgan fingerprint density at radius 1 is 1.35 bits per heavy atom. The van der Waals surface area contributed by atoms with Crippen molar-refractivity contribution >= 4 is 15.8 Å². The molecular formula is C12H25N5O2S. The molecule has 7 nitrogen and oxygen atoms in total. The Kier molecular flexibility index (Phi) is 5.97. The molecule has 0 amide bonds. The molecule has 8 heteroatoms. The number of nitrogens with two attached hydrogens (primary N) is 1. The van der Waals surface area contributed by atoms with Crippen molar-refractivity contribution < 1.29 is 8.42 Å². The van der Waals surface area contributed by atoms with Gasteiger partial charge in [0.1, 0.15) is 10.7 Å². The maximum atomic E-state index is 12.2. The Morgan fingerprint density at radius 2 is 1.95 bits per heavy atom. The highest BCUT2D eigenvalue weighted by atomic mass is 32.2.